The molecule has 11 heteroatoms. The second-order valence-electron chi connectivity index (χ2n) is 5.66. The van der Waals surface area contributed by atoms with Crippen LogP contribution in [0.2, 0.25) is 0 Å². The van der Waals surface area contributed by atoms with Crippen molar-refractivity contribution in [1.29, 1.82) is 0 Å². The van der Waals surface area contributed by atoms with Crippen LogP contribution in [0.1, 0.15) is 0 Å². The van der Waals surface area contributed by atoms with Gasteiger partial charge < -0.3 is 0 Å². The number of β-lactam (4-membered cyclic amide) rings is 1. The van der Waals surface area contributed by atoms with Crippen molar-refractivity contribution >= 4 is 37.8 Å². The number of ether oxygens (including phenoxy) is 2. The van der Waals surface area contributed by atoms with Gasteiger partial charge in [0.05, 0.1) is 0 Å². The third kappa shape index (κ3) is 3.11. The first-order valence-electron chi connectivity index (χ1n) is 7.36. The summed E-state index contributed by atoms with van der Waals surface area (Å²) < 4.78 is 10.4. The minimum absolute atomic E-state index is 0.132. The number of thioether (sulfide) groups is 1. The standard InChI is InChI=1S/C13H22N3O6PS/c1-14-12(20)22-5-7-6-24-11-13(21-2,15-23(3)4)10(19)16(11)8(7)9(17)18/h11,15H,5-6,23H2,1-4H3,(H,14,20)(H,17,18)/t11-,13-/m0/s1. The van der Waals surface area contributed by atoms with E-state index < -0.39 is 37.1 Å². The Bertz CT molecular complexity index is 598. The molecule has 0 radical (unpaired) electrons. The van der Waals surface area contributed by atoms with E-state index in [2.05, 4.69) is 10.4 Å². The quantitative estimate of drug-likeness (QED) is 0.326. The van der Waals surface area contributed by atoms with E-state index in [4.69, 9.17) is 9.47 Å². The van der Waals surface area contributed by atoms with E-state index in [9.17, 15) is 19.5 Å². The van der Waals surface area contributed by atoms with Crippen LogP contribution in [0.25, 0.3) is 0 Å². The molecule has 0 bridgehead atoms. The number of aliphatic carboxylic acids is 1. The molecule has 0 aromatic carbocycles. The topological polar surface area (TPSA) is 117 Å². The van der Waals surface area contributed by atoms with Gasteiger partial charge in [-0.2, -0.15) is 0 Å². The van der Waals surface area contributed by atoms with Gasteiger partial charge in [0, 0.05) is 0 Å². The van der Waals surface area contributed by atoms with Crippen molar-refractivity contribution in [1.82, 2.24) is 15.3 Å². The number of rotatable bonds is 6. The summed E-state index contributed by atoms with van der Waals surface area (Å²) in [6.45, 7) is 3.85. The van der Waals surface area contributed by atoms with Crippen molar-refractivity contribution in [2.24, 2.45) is 0 Å². The van der Waals surface area contributed by atoms with E-state index in [0.29, 0.717) is 11.3 Å². The molecule has 0 saturated carbocycles. The molecule has 2 amide bonds. The predicted octanol–water partition coefficient (Wildman–Crippen LogP) is -0.350. The molecule has 3 N–H and O–H groups in total. The van der Waals surface area contributed by atoms with Crippen LogP contribution in [0, 0.1) is 0 Å². The van der Waals surface area contributed by atoms with Crippen LogP contribution < -0.4 is 10.4 Å². The number of amides is 2. The molecule has 2 aliphatic heterocycles. The van der Waals surface area contributed by atoms with Gasteiger partial charge in [-0.25, -0.2) is 0 Å². The zero-order chi connectivity index (χ0) is 18.1. The Morgan fingerprint density at radius 2 is 2.17 bits per heavy atom. The fraction of sp³-hybridized carbons (Fsp3) is 0.615. The van der Waals surface area contributed by atoms with E-state index in [1.54, 1.807) is 0 Å². The van der Waals surface area contributed by atoms with Crippen LogP contribution in [0.5, 0.6) is 0 Å². The Kier molecular flexibility index (Phi) is 5.74. The Hall–Kier alpha value is -1.35. The summed E-state index contributed by atoms with van der Waals surface area (Å²) in [5, 5.41) is 14.6. The Balaban J connectivity index is 2.29. The molecule has 1 saturated heterocycles. The van der Waals surface area contributed by atoms with Crippen LogP contribution in [-0.2, 0) is 19.1 Å². The molecular weight excluding hydrogens is 357 g/mol. The molecule has 0 unspecified atom stereocenters. The van der Waals surface area contributed by atoms with Gasteiger partial charge in [0.15, 0.2) is 0 Å². The molecule has 2 atom stereocenters. The summed E-state index contributed by atoms with van der Waals surface area (Å²) >= 11 is 1.39. The number of nitrogens with one attached hydrogen (secondary N) is 2. The maximum atomic E-state index is 12.7. The van der Waals surface area contributed by atoms with E-state index in [1.165, 1.54) is 30.8 Å². The molecule has 2 heterocycles. The zero-order valence-corrected chi connectivity index (χ0v) is 15.9. The first-order chi connectivity index (χ1) is 11.3. The summed E-state index contributed by atoms with van der Waals surface area (Å²) in [6.07, 6.45) is -0.659. The fourth-order valence-corrected chi connectivity index (χ4v) is 5.54. The summed E-state index contributed by atoms with van der Waals surface area (Å²) in [6, 6.07) is 0. The van der Waals surface area contributed by atoms with Crippen molar-refractivity contribution in [2.75, 3.05) is 39.8 Å². The van der Waals surface area contributed by atoms with Gasteiger partial charge in [0.1, 0.15) is 0 Å². The number of carboxylic acids is 1. The summed E-state index contributed by atoms with van der Waals surface area (Å²) in [4.78, 5) is 36.8. The van der Waals surface area contributed by atoms with E-state index in [0.717, 1.165) is 0 Å². The number of hydrogen-bond acceptors (Lipinski definition) is 7. The average Bonchev–Trinajstić information content (AvgIpc) is 2.55. The van der Waals surface area contributed by atoms with Gasteiger partial charge in [0.25, 0.3) is 0 Å². The zero-order valence-electron chi connectivity index (χ0n) is 13.9. The normalized spacial score (nSPS) is 26.5. The molecule has 2 aliphatic rings. The van der Waals surface area contributed by atoms with Gasteiger partial charge in [-0.3, -0.25) is 0 Å². The minimum atomic E-state index is -1.35. The van der Waals surface area contributed by atoms with Crippen LogP contribution in [0.15, 0.2) is 11.3 Å². The Morgan fingerprint density at radius 1 is 1.50 bits per heavy atom. The number of fused-ring (bicyclic) bond motifs is 1. The number of carbonyl (C=O) groups is 3. The number of carbonyl (C=O) groups excluding carboxylic acids is 2. The van der Waals surface area contributed by atoms with Crippen molar-refractivity contribution in [3.63, 3.8) is 0 Å². The molecule has 0 aromatic heterocycles. The number of nitrogens with zero attached hydrogens (tertiary/aromatic N) is 1. The second kappa shape index (κ2) is 7.26. The predicted molar refractivity (Wildman–Crippen MR) is 92.6 cm³/mol. The van der Waals surface area contributed by atoms with E-state index in [-0.39, 0.29) is 12.3 Å². The van der Waals surface area contributed by atoms with Crippen LogP contribution in [0.3, 0.4) is 0 Å². The van der Waals surface area contributed by atoms with E-state index >= 15 is 0 Å². The second-order valence-corrected chi connectivity index (χ2v) is 9.33. The number of carboxylic acid groups (broad SMARTS) is 1. The number of hydrogen-bond donors (Lipinski definition) is 3. The van der Waals surface area contributed by atoms with Crippen molar-refractivity contribution < 1.29 is 29.0 Å². The monoisotopic (exact) mass is 379 g/mol. The van der Waals surface area contributed by atoms with Crippen LogP contribution in [0.4, 0.5) is 4.79 Å². The number of methoxy groups -OCH3 is 1. The first kappa shape index (κ1) is 19.0. The SMILES string of the molecule is CNC(=O)OCC1=C(C(=O)O)N2C(=O)[C@](N[PH2](C)C)(OC)[C@@H]2SC1. The van der Waals surface area contributed by atoms with Gasteiger partial charge in [-0.1, -0.05) is 0 Å². The Morgan fingerprint density at radius 3 is 2.67 bits per heavy atom. The molecule has 9 nitrogen and oxygen atoms in total. The molecular formula is C13H22N3O6PS. The molecule has 2 rings (SSSR count). The van der Waals surface area contributed by atoms with Crippen LogP contribution >= 0.6 is 19.8 Å². The number of alkyl carbamates (subject to hydrolysis) is 1. The summed E-state index contributed by atoms with van der Waals surface area (Å²) in [5.74, 6) is -1.33. The Labute approximate surface area is 144 Å². The molecule has 0 aliphatic carbocycles. The molecule has 136 valence electrons. The third-order valence-electron chi connectivity index (χ3n) is 3.72. The molecule has 0 aromatic rings. The molecule has 1 fully saturated rings. The third-order valence-corrected chi connectivity index (χ3v) is 6.10. The molecule has 0 spiro atoms. The van der Waals surface area contributed by atoms with Crippen molar-refractivity contribution in [3.8, 4) is 0 Å². The van der Waals surface area contributed by atoms with Crippen LogP contribution in [-0.4, -0.2) is 78.9 Å². The van der Waals surface area contributed by atoms with Crippen molar-refractivity contribution in [2.45, 2.75) is 11.1 Å². The summed E-state index contributed by atoms with van der Waals surface area (Å²) in [7, 11) is 1.50. The first-order valence-corrected chi connectivity index (χ1v) is 11.3. The van der Waals surface area contributed by atoms with Crippen molar-refractivity contribution in [3.05, 3.63) is 11.3 Å². The van der Waals surface area contributed by atoms with Gasteiger partial charge in [-0.05, 0) is 0 Å². The fourth-order valence-electron chi connectivity index (χ4n) is 2.73. The van der Waals surface area contributed by atoms with Gasteiger partial charge in [-0.15, -0.1) is 0 Å². The maximum absolute atomic E-state index is 12.7. The van der Waals surface area contributed by atoms with Gasteiger partial charge in [0.2, 0.25) is 0 Å². The van der Waals surface area contributed by atoms with E-state index in [1.807, 2.05) is 13.3 Å². The average molecular weight is 379 g/mol. The molecule has 24 heavy (non-hydrogen) atoms. The summed E-state index contributed by atoms with van der Waals surface area (Å²) in [5.41, 5.74) is -0.932. The van der Waals surface area contributed by atoms with Gasteiger partial charge >= 0.3 is 144 Å².